The largest absolute Gasteiger partial charge is 0.0620 e. The quantitative estimate of drug-likeness (QED) is 0.544. The highest BCUT2D eigenvalue weighted by Crippen LogP contribution is 2.48. The van der Waals surface area contributed by atoms with E-state index in [1.807, 2.05) is 0 Å². The van der Waals surface area contributed by atoms with Crippen molar-refractivity contribution in [2.45, 2.75) is 44.9 Å². The molecule has 0 radical (unpaired) electrons. The molecule has 0 atom stereocenters. The van der Waals surface area contributed by atoms with Gasteiger partial charge in [0.05, 0.1) is 0 Å². The molecule has 3 aromatic rings. The molecule has 4 rings (SSSR count). The molecule has 1 aliphatic carbocycles. The Bertz CT molecular complexity index is 806. The van der Waals surface area contributed by atoms with Crippen LogP contribution in [0.2, 0.25) is 0 Å². The van der Waals surface area contributed by atoms with Gasteiger partial charge in [-0.2, -0.15) is 0 Å². The van der Waals surface area contributed by atoms with Gasteiger partial charge in [-0.25, -0.2) is 0 Å². The van der Waals surface area contributed by atoms with E-state index in [0.29, 0.717) is 0 Å². The minimum atomic E-state index is -0.00483. The van der Waals surface area contributed by atoms with Gasteiger partial charge in [-0.1, -0.05) is 86.6 Å². The van der Waals surface area contributed by atoms with Crippen molar-refractivity contribution < 1.29 is 0 Å². The monoisotopic (exact) mass is 326 g/mol. The minimum Gasteiger partial charge on any atom is -0.0620 e. The first kappa shape index (κ1) is 16.1. The van der Waals surface area contributed by atoms with Crippen LogP contribution in [-0.4, -0.2) is 0 Å². The van der Waals surface area contributed by atoms with Crippen LogP contribution in [-0.2, 0) is 24.7 Å². The molecule has 126 valence electrons. The molecule has 1 aliphatic rings. The Morgan fingerprint density at radius 1 is 0.680 bits per heavy atom. The van der Waals surface area contributed by atoms with Gasteiger partial charge in [-0.3, -0.25) is 0 Å². The Morgan fingerprint density at radius 2 is 1.20 bits per heavy atom. The van der Waals surface area contributed by atoms with Gasteiger partial charge >= 0.3 is 0 Å². The summed E-state index contributed by atoms with van der Waals surface area (Å²) in [6, 6.07) is 27.6. The molecule has 0 spiro atoms. The smallest absolute Gasteiger partial charge is 0.0457 e. The zero-order chi connectivity index (χ0) is 17.3. The van der Waals surface area contributed by atoms with Crippen LogP contribution in [0, 0.1) is 0 Å². The predicted molar refractivity (Wildman–Crippen MR) is 106 cm³/mol. The lowest BCUT2D eigenvalue weighted by Gasteiger charge is -2.32. The highest BCUT2D eigenvalue weighted by molar-refractivity contribution is 5.56. The zero-order valence-electron chi connectivity index (χ0n) is 15.3. The molecule has 0 bridgehead atoms. The summed E-state index contributed by atoms with van der Waals surface area (Å²) in [5.74, 6) is 0. The molecule has 0 saturated carbocycles. The minimum absolute atomic E-state index is 0.00483. The molecule has 0 heterocycles. The lowest BCUT2D eigenvalue weighted by molar-refractivity contribution is 0.609. The van der Waals surface area contributed by atoms with Crippen molar-refractivity contribution in [3.63, 3.8) is 0 Å². The van der Waals surface area contributed by atoms with Crippen LogP contribution < -0.4 is 0 Å². The van der Waals surface area contributed by atoms with Crippen LogP contribution in [0.4, 0.5) is 0 Å². The van der Waals surface area contributed by atoms with Crippen molar-refractivity contribution in [2.75, 3.05) is 0 Å². The second-order valence-electron chi connectivity index (χ2n) is 7.16. The summed E-state index contributed by atoms with van der Waals surface area (Å²) in [7, 11) is 0. The maximum atomic E-state index is 2.36. The molecule has 0 aliphatic heterocycles. The molecule has 0 N–H and O–H groups in total. The van der Waals surface area contributed by atoms with E-state index in [1.54, 1.807) is 0 Å². The Hall–Kier alpha value is -2.34. The molecular formula is C25H26. The van der Waals surface area contributed by atoms with E-state index in [4.69, 9.17) is 0 Å². The average Bonchev–Trinajstić information content (AvgIpc) is 3.09. The average molecular weight is 326 g/mol. The fourth-order valence-corrected chi connectivity index (χ4v) is 4.43. The van der Waals surface area contributed by atoms with Crippen LogP contribution in [0.1, 0.15) is 53.6 Å². The van der Waals surface area contributed by atoms with Crippen molar-refractivity contribution in [3.8, 4) is 0 Å². The van der Waals surface area contributed by atoms with Crippen molar-refractivity contribution in [3.05, 3.63) is 106 Å². The van der Waals surface area contributed by atoms with E-state index in [9.17, 15) is 0 Å². The van der Waals surface area contributed by atoms with Crippen LogP contribution >= 0.6 is 0 Å². The third-order valence-electron chi connectivity index (χ3n) is 5.96. The molecule has 0 heteroatoms. The molecule has 0 saturated heterocycles. The molecule has 0 fully saturated rings. The van der Waals surface area contributed by atoms with Crippen molar-refractivity contribution in [1.82, 2.24) is 0 Å². The van der Waals surface area contributed by atoms with Crippen LogP contribution in [0.15, 0.2) is 72.8 Å². The van der Waals surface area contributed by atoms with Gasteiger partial charge in [0.1, 0.15) is 0 Å². The molecule has 0 amide bonds. The molecule has 0 aromatic heterocycles. The number of rotatable bonds is 4. The third kappa shape index (κ3) is 2.61. The summed E-state index contributed by atoms with van der Waals surface area (Å²) >= 11 is 0. The van der Waals surface area contributed by atoms with Crippen LogP contribution in [0.25, 0.3) is 0 Å². The molecule has 0 unspecified atom stereocenters. The maximum Gasteiger partial charge on any atom is 0.0457 e. The number of aryl methyl sites for hydroxylation is 3. The molecular weight excluding hydrogens is 300 g/mol. The van der Waals surface area contributed by atoms with Gasteiger partial charge in [-0.05, 0) is 59.1 Å². The van der Waals surface area contributed by atoms with Gasteiger partial charge in [0.2, 0.25) is 0 Å². The first-order valence-corrected chi connectivity index (χ1v) is 9.55. The predicted octanol–water partition coefficient (Wildman–Crippen LogP) is 6.09. The zero-order valence-corrected chi connectivity index (χ0v) is 15.3. The van der Waals surface area contributed by atoms with Crippen molar-refractivity contribution in [1.29, 1.82) is 0 Å². The summed E-state index contributed by atoms with van der Waals surface area (Å²) in [6.07, 6.45) is 4.49. The van der Waals surface area contributed by atoms with E-state index in [0.717, 1.165) is 25.7 Å². The van der Waals surface area contributed by atoms with Crippen LogP contribution in [0.5, 0.6) is 0 Å². The lowest BCUT2D eigenvalue weighted by Crippen LogP contribution is -2.26. The Balaban J connectivity index is 1.92. The first-order chi connectivity index (χ1) is 12.3. The number of hydrogen-bond acceptors (Lipinski definition) is 0. The Labute approximate surface area is 151 Å². The summed E-state index contributed by atoms with van der Waals surface area (Å²) in [5.41, 5.74) is 8.66. The topological polar surface area (TPSA) is 0 Å². The van der Waals surface area contributed by atoms with Gasteiger partial charge in [-0.15, -0.1) is 0 Å². The summed E-state index contributed by atoms with van der Waals surface area (Å²) in [4.78, 5) is 0. The summed E-state index contributed by atoms with van der Waals surface area (Å²) in [6.45, 7) is 4.44. The molecule has 0 nitrogen and oxygen atoms in total. The Kier molecular flexibility index (Phi) is 4.21. The fraction of sp³-hybridized carbons (Fsp3) is 0.280. The van der Waals surface area contributed by atoms with Crippen molar-refractivity contribution >= 4 is 0 Å². The van der Waals surface area contributed by atoms with E-state index in [2.05, 4.69) is 86.6 Å². The van der Waals surface area contributed by atoms with Crippen LogP contribution in [0.3, 0.4) is 0 Å². The van der Waals surface area contributed by atoms with E-state index in [1.165, 1.54) is 33.4 Å². The van der Waals surface area contributed by atoms with Gasteiger partial charge in [0, 0.05) is 5.41 Å². The normalized spacial score (nSPS) is 15.1. The van der Waals surface area contributed by atoms with Crippen molar-refractivity contribution in [2.24, 2.45) is 0 Å². The van der Waals surface area contributed by atoms with E-state index < -0.39 is 0 Å². The molecule has 3 aromatic carbocycles. The highest BCUT2D eigenvalue weighted by Gasteiger charge is 2.41. The second kappa shape index (κ2) is 6.52. The fourth-order valence-electron chi connectivity index (χ4n) is 4.43. The Morgan fingerprint density at radius 3 is 1.72 bits per heavy atom. The lowest BCUT2D eigenvalue weighted by atomic mass is 9.70. The second-order valence-corrected chi connectivity index (χ2v) is 7.16. The summed E-state index contributed by atoms with van der Waals surface area (Å²) in [5, 5.41) is 0. The van der Waals surface area contributed by atoms with Gasteiger partial charge in [0.15, 0.2) is 0 Å². The van der Waals surface area contributed by atoms with Gasteiger partial charge in [0.25, 0.3) is 0 Å². The first-order valence-electron chi connectivity index (χ1n) is 9.55. The molecule has 25 heavy (non-hydrogen) atoms. The number of fused-ring (bicyclic) bond motifs is 1. The van der Waals surface area contributed by atoms with Gasteiger partial charge < -0.3 is 0 Å². The highest BCUT2D eigenvalue weighted by atomic mass is 14.4. The number of hydrogen-bond donors (Lipinski definition) is 0. The third-order valence-corrected chi connectivity index (χ3v) is 5.96. The summed E-state index contributed by atoms with van der Waals surface area (Å²) < 4.78 is 0. The maximum absolute atomic E-state index is 2.36. The standard InChI is InChI=1S/C25H26/c1-3-19-9-13-22(14-10-19)25(23-15-11-20(4-2)12-16-23)18-17-21-7-5-6-8-24(21)25/h5-16H,3-4,17-18H2,1-2H3. The SMILES string of the molecule is CCc1ccc(C2(c3ccc(CC)cc3)CCc3ccccc32)cc1. The number of benzene rings is 3. The van der Waals surface area contributed by atoms with E-state index >= 15 is 0 Å². The van der Waals surface area contributed by atoms with E-state index in [-0.39, 0.29) is 5.41 Å².